The van der Waals surface area contributed by atoms with Gasteiger partial charge in [-0.05, 0) is 43.8 Å². The Labute approximate surface area is 146 Å². The van der Waals surface area contributed by atoms with E-state index in [0.717, 1.165) is 23.2 Å². The zero-order valence-corrected chi connectivity index (χ0v) is 14.7. The first kappa shape index (κ1) is 16.5. The molecule has 0 amide bonds. The van der Waals surface area contributed by atoms with Gasteiger partial charge in [0, 0.05) is 11.9 Å². The lowest BCUT2D eigenvalue weighted by molar-refractivity contribution is 0.195. The second-order valence-electron chi connectivity index (χ2n) is 5.80. The number of benzene rings is 2. The Kier molecular flexibility index (Phi) is 5.17. The molecule has 0 aliphatic heterocycles. The number of hydrogen-bond acceptors (Lipinski definition) is 5. The molecular weight excluding hydrogens is 320 g/mol. The summed E-state index contributed by atoms with van der Waals surface area (Å²) < 4.78 is 8.22. The second kappa shape index (κ2) is 7.51. The van der Waals surface area contributed by atoms with Crippen LogP contribution in [0, 0.1) is 11.6 Å². The maximum Gasteiger partial charge on any atom is 0.135 e. The first-order valence-corrected chi connectivity index (χ1v) is 8.25. The number of rotatable bonds is 6. The Hall–Kier alpha value is -2.31. The molecular formula is C18H20N4OS. The first-order chi connectivity index (χ1) is 11.6. The van der Waals surface area contributed by atoms with Crippen LogP contribution in [0.15, 0.2) is 48.5 Å². The lowest BCUT2D eigenvalue weighted by Gasteiger charge is -2.18. The average Bonchev–Trinajstić information content (AvgIpc) is 2.58. The molecule has 0 atom stereocenters. The van der Waals surface area contributed by atoms with E-state index >= 15 is 0 Å². The maximum atomic E-state index is 5.78. The molecule has 0 saturated carbocycles. The van der Waals surface area contributed by atoms with Gasteiger partial charge in [-0.1, -0.05) is 41.7 Å². The van der Waals surface area contributed by atoms with E-state index in [1.165, 1.54) is 5.56 Å². The summed E-state index contributed by atoms with van der Waals surface area (Å²) in [6.07, 6.45) is 0. The van der Waals surface area contributed by atoms with Gasteiger partial charge in [-0.15, -0.1) is 5.10 Å². The third-order valence-corrected chi connectivity index (χ3v) is 4.17. The smallest absolute Gasteiger partial charge is 0.135 e. The lowest BCUT2D eigenvalue weighted by atomic mass is 10.2. The fourth-order valence-corrected chi connectivity index (χ4v) is 2.71. The number of nitrogens with zero attached hydrogens (tertiary/aromatic N) is 4. The average molecular weight is 340 g/mol. The highest BCUT2D eigenvalue weighted by Gasteiger charge is 2.05. The molecule has 0 radical (unpaired) electrons. The highest BCUT2D eigenvalue weighted by atomic mass is 32.1. The second-order valence-corrected chi connectivity index (χ2v) is 6.18. The van der Waals surface area contributed by atoms with Crippen molar-refractivity contribution in [3.8, 4) is 5.75 Å². The van der Waals surface area contributed by atoms with Crippen molar-refractivity contribution in [2.24, 2.45) is 0 Å². The van der Waals surface area contributed by atoms with Crippen LogP contribution < -0.4 is 4.74 Å². The summed E-state index contributed by atoms with van der Waals surface area (Å²) in [6, 6.07) is 15.8. The summed E-state index contributed by atoms with van der Waals surface area (Å²) in [5, 5.41) is 9.38. The van der Waals surface area contributed by atoms with E-state index in [-0.39, 0.29) is 0 Å². The summed E-state index contributed by atoms with van der Waals surface area (Å²) in [6.45, 7) is 4.01. The summed E-state index contributed by atoms with van der Waals surface area (Å²) in [5.74, 6) is 0.894. The molecule has 3 aromatic rings. The lowest BCUT2D eigenvalue weighted by Crippen LogP contribution is -2.28. The molecule has 1 aromatic heterocycles. The maximum absolute atomic E-state index is 5.78. The van der Waals surface area contributed by atoms with Crippen LogP contribution in [0.2, 0.25) is 0 Å². The number of likely N-dealkylation sites (N-methyl/N-ethyl adjacent to an activating group) is 1. The van der Waals surface area contributed by atoms with Gasteiger partial charge in [-0.2, -0.15) is 0 Å². The predicted octanol–water partition coefficient (Wildman–Crippen LogP) is 3.44. The Morgan fingerprint density at radius 3 is 2.83 bits per heavy atom. The van der Waals surface area contributed by atoms with Gasteiger partial charge in [0.2, 0.25) is 0 Å². The predicted molar refractivity (Wildman–Crippen MR) is 97.7 cm³/mol. The van der Waals surface area contributed by atoms with E-state index in [1.54, 1.807) is 4.68 Å². The summed E-state index contributed by atoms with van der Waals surface area (Å²) >= 11 is 5.52. The van der Waals surface area contributed by atoms with Crippen LogP contribution in [-0.4, -0.2) is 40.1 Å². The molecule has 3 rings (SSSR count). The van der Waals surface area contributed by atoms with Gasteiger partial charge in [0.1, 0.15) is 17.0 Å². The Bertz CT molecular complexity index is 893. The fourth-order valence-electron chi connectivity index (χ4n) is 2.44. The molecule has 0 aliphatic carbocycles. The van der Waals surface area contributed by atoms with E-state index in [9.17, 15) is 0 Å². The Balaban J connectivity index is 1.60. The van der Waals surface area contributed by atoms with Crippen molar-refractivity contribution in [2.45, 2.75) is 13.6 Å². The van der Waals surface area contributed by atoms with Crippen molar-refractivity contribution in [3.05, 3.63) is 58.7 Å². The third kappa shape index (κ3) is 3.96. The van der Waals surface area contributed by atoms with Crippen LogP contribution in [0.5, 0.6) is 5.75 Å². The number of aryl methyl sites for hydroxylation is 1. The zero-order valence-electron chi connectivity index (χ0n) is 13.8. The minimum absolute atomic E-state index is 0.577. The van der Waals surface area contributed by atoms with Gasteiger partial charge < -0.3 is 4.74 Å². The molecule has 0 unspecified atom stereocenters. The summed E-state index contributed by atoms with van der Waals surface area (Å²) in [5.41, 5.74) is 2.02. The van der Waals surface area contributed by atoms with Crippen LogP contribution in [0.4, 0.5) is 0 Å². The molecule has 5 nitrogen and oxygen atoms in total. The molecule has 2 aromatic carbocycles. The van der Waals surface area contributed by atoms with Gasteiger partial charge >= 0.3 is 0 Å². The topological polar surface area (TPSA) is 43.2 Å². The van der Waals surface area contributed by atoms with Gasteiger partial charge in [-0.25, -0.2) is 4.68 Å². The molecule has 0 saturated heterocycles. The van der Waals surface area contributed by atoms with Gasteiger partial charge in [0.25, 0.3) is 0 Å². The third-order valence-electron chi connectivity index (χ3n) is 3.74. The van der Waals surface area contributed by atoms with Gasteiger partial charge in [0.05, 0.1) is 12.2 Å². The highest BCUT2D eigenvalue weighted by Crippen LogP contribution is 2.13. The number of fused-ring (bicyclic) bond motifs is 1. The molecule has 1 heterocycles. The van der Waals surface area contributed by atoms with Crippen molar-refractivity contribution in [1.29, 1.82) is 0 Å². The molecule has 0 spiro atoms. The zero-order chi connectivity index (χ0) is 16.9. The Morgan fingerprint density at radius 1 is 1.17 bits per heavy atom. The monoisotopic (exact) mass is 340 g/mol. The molecule has 124 valence electrons. The van der Waals surface area contributed by atoms with Crippen LogP contribution in [0.25, 0.3) is 10.9 Å². The van der Waals surface area contributed by atoms with Crippen molar-refractivity contribution < 1.29 is 4.74 Å². The molecule has 0 bridgehead atoms. The van der Waals surface area contributed by atoms with Crippen molar-refractivity contribution >= 4 is 23.1 Å². The first-order valence-electron chi connectivity index (χ1n) is 7.84. The van der Waals surface area contributed by atoms with Crippen molar-refractivity contribution in [3.63, 3.8) is 0 Å². The quantitative estimate of drug-likeness (QED) is 0.643. The number of ether oxygens (including phenoxy) is 1. The van der Waals surface area contributed by atoms with Crippen molar-refractivity contribution in [1.82, 2.24) is 19.9 Å². The van der Waals surface area contributed by atoms with Crippen LogP contribution in [0.1, 0.15) is 5.56 Å². The molecule has 0 aliphatic rings. The van der Waals surface area contributed by atoms with E-state index < -0.39 is 0 Å². The molecule has 0 fully saturated rings. The largest absolute Gasteiger partial charge is 0.492 e. The highest BCUT2D eigenvalue weighted by molar-refractivity contribution is 7.71. The fraction of sp³-hybridized carbons (Fsp3) is 0.278. The van der Waals surface area contributed by atoms with E-state index in [2.05, 4.69) is 28.2 Å². The van der Waals surface area contributed by atoms with Crippen LogP contribution in [-0.2, 0) is 6.67 Å². The minimum atomic E-state index is 0.577. The van der Waals surface area contributed by atoms with Crippen molar-refractivity contribution in [2.75, 3.05) is 20.2 Å². The minimum Gasteiger partial charge on any atom is -0.492 e. The molecule has 24 heavy (non-hydrogen) atoms. The summed E-state index contributed by atoms with van der Waals surface area (Å²) in [7, 11) is 2.01. The molecule has 6 heteroatoms. The summed E-state index contributed by atoms with van der Waals surface area (Å²) in [4.78, 5) is 2.11. The SMILES string of the molecule is Cc1cccc(OCCN(C)Cn2nnc3ccccc3c2=S)c1. The molecule has 0 N–H and O–H groups in total. The van der Waals surface area contributed by atoms with Crippen LogP contribution >= 0.6 is 12.2 Å². The van der Waals surface area contributed by atoms with Crippen LogP contribution in [0.3, 0.4) is 0 Å². The normalized spacial score (nSPS) is 11.1. The number of hydrogen-bond donors (Lipinski definition) is 0. The standard InChI is InChI=1S/C18H20N4OS/c1-14-6-5-7-15(12-14)23-11-10-21(2)13-22-18(24)16-8-3-4-9-17(16)19-20-22/h3-9,12H,10-11,13H2,1-2H3. The van der Waals surface area contributed by atoms with Gasteiger partial charge in [-0.3, -0.25) is 4.90 Å². The van der Waals surface area contributed by atoms with E-state index in [0.29, 0.717) is 17.9 Å². The number of aromatic nitrogens is 3. The van der Waals surface area contributed by atoms with Gasteiger partial charge in [0.15, 0.2) is 0 Å². The Morgan fingerprint density at radius 2 is 2.00 bits per heavy atom. The van der Waals surface area contributed by atoms with E-state index in [4.69, 9.17) is 17.0 Å². The van der Waals surface area contributed by atoms with E-state index in [1.807, 2.05) is 49.5 Å².